The van der Waals surface area contributed by atoms with E-state index in [1.165, 1.54) is 29.5 Å². The smallest absolute Gasteiger partial charge is 0.336 e. The monoisotopic (exact) mass is 304 g/mol. The lowest BCUT2D eigenvalue weighted by atomic mass is 9.87. The van der Waals surface area contributed by atoms with Crippen LogP contribution in [0.4, 0.5) is 4.39 Å². The van der Waals surface area contributed by atoms with Gasteiger partial charge < -0.3 is 5.11 Å². The van der Waals surface area contributed by atoms with Crippen molar-refractivity contribution in [2.75, 3.05) is 0 Å². The van der Waals surface area contributed by atoms with E-state index in [1.54, 1.807) is 0 Å². The third-order valence-corrected chi connectivity index (χ3v) is 4.20. The molecular weight excluding hydrogens is 287 g/mol. The van der Waals surface area contributed by atoms with Crippen LogP contribution in [-0.2, 0) is 5.41 Å². The van der Waals surface area contributed by atoms with Crippen LogP contribution in [0.5, 0.6) is 0 Å². The molecule has 0 unspecified atom stereocenters. The molecule has 0 aliphatic rings. The lowest BCUT2D eigenvalue weighted by Gasteiger charge is -2.19. The van der Waals surface area contributed by atoms with Crippen molar-refractivity contribution in [3.05, 3.63) is 59.4 Å². The van der Waals surface area contributed by atoms with Gasteiger partial charge in [-0.2, -0.15) is 0 Å². The van der Waals surface area contributed by atoms with Crippen molar-refractivity contribution in [2.45, 2.75) is 36.0 Å². The van der Waals surface area contributed by atoms with Crippen molar-refractivity contribution in [2.24, 2.45) is 0 Å². The SMILES string of the molecule is CC(C)(C)c1ccc(Sc2ccc(F)cc2C(=O)O)cc1. The number of carboxylic acids is 1. The number of benzene rings is 2. The average Bonchev–Trinajstić information content (AvgIpc) is 2.40. The second kappa shape index (κ2) is 5.90. The summed E-state index contributed by atoms with van der Waals surface area (Å²) in [7, 11) is 0. The zero-order valence-corrected chi connectivity index (χ0v) is 13.0. The van der Waals surface area contributed by atoms with Crippen molar-refractivity contribution < 1.29 is 14.3 Å². The topological polar surface area (TPSA) is 37.3 Å². The van der Waals surface area contributed by atoms with Crippen molar-refractivity contribution in [1.29, 1.82) is 0 Å². The normalized spacial score (nSPS) is 11.4. The summed E-state index contributed by atoms with van der Waals surface area (Å²) in [6.07, 6.45) is 0. The molecule has 2 aromatic carbocycles. The minimum Gasteiger partial charge on any atom is -0.478 e. The van der Waals surface area contributed by atoms with Crippen molar-refractivity contribution >= 4 is 17.7 Å². The largest absolute Gasteiger partial charge is 0.478 e. The molecule has 0 aromatic heterocycles. The molecule has 110 valence electrons. The van der Waals surface area contributed by atoms with Crippen LogP contribution in [0.2, 0.25) is 0 Å². The predicted molar refractivity (Wildman–Crippen MR) is 82.6 cm³/mol. The molecule has 4 heteroatoms. The zero-order valence-electron chi connectivity index (χ0n) is 12.2. The maximum Gasteiger partial charge on any atom is 0.336 e. The van der Waals surface area contributed by atoms with Gasteiger partial charge in [0, 0.05) is 9.79 Å². The Morgan fingerprint density at radius 1 is 1.10 bits per heavy atom. The van der Waals surface area contributed by atoms with E-state index < -0.39 is 11.8 Å². The van der Waals surface area contributed by atoms with Crippen LogP contribution >= 0.6 is 11.8 Å². The molecule has 0 fully saturated rings. The van der Waals surface area contributed by atoms with Crippen LogP contribution in [0, 0.1) is 5.82 Å². The first-order valence-corrected chi connectivity index (χ1v) is 7.40. The molecule has 0 radical (unpaired) electrons. The lowest BCUT2D eigenvalue weighted by molar-refractivity contribution is 0.0692. The van der Waals surface area contributed by atoms with Gasteiger partial charge in [0.1, 0.15) is 5.82 Å². The second-order valence-corrected chi connectivity index (χ2v) is 6.94. The Morgan fingerprint density at radius 2 is 1.71 bits per heavy atom. The Labute approximate surface area is 128 Å². The van der Waals surface area contributed by atoms with E-state index in [0.717, 1.165) is 11.0 Å². The van der Waals surface area contributed by atoms with E-state index in [4.69, 9.17) is 5.11 Å². The maximum atomic E-state index is 13.2. The molecular formula is C17H17FO2S. The highest BCUT2D eigenvalue weighted by molar-refractivity contribution is 7.99. The van der Waals surface area contributed by atoms with E-state index >= 15 is 0 Å². The molecule has 0 aliphatic carbocycles. The molecule has 0 amide bonds. The quantitative estimate of drug-likeness (QED) is 0.869. The summed E-state index contributed by atoms with van der Waals surface area (Å²) < 4.78 is 13.2. The van der Waals surface area contributed by atoms with Gasteiger partial charge in [-0.1, -0.05) is 44.7 Å². The van der Waals surface area contributed by atoms with Gasteiger partial charge in [-0.3, -0.25) is 0 Å². The van der Waals surface area contributed by atoms with Gasteiger partial charge in [-0.15, -0.1) is 0 Å². The van der Waals surface area contributed by atoms with E-state index in [0.29, 0.717) is 4.90 Å². The van der Waals surface area contributed by atoms with Gasteiger partial charge in [0.15, 0.2) is 0 Å². The highest BCUT2D eigenvalue weighted by Gasteiger charge is 2.15. The summed E-state index contributed by atoms with van der Waals surface area (Å²) in [5.41, 5.74) is 1.27. The molecule has 1 N–H and O–H groups in total. The summed E-state index contributed by atoms with van der Waals surface area (Å²) in [6, 6.07) is 11.8. The fourth-order valence-corrected chi connectivity index (χ4v) is 2.83. The second-order valence-electron chi connectivity index (χ2n) is 5.82. The predicted octanol–water partition coefficient (Wildman–Crippen LogP) is 4.97. The highest BCUT2D eigenvalue weighted by atomic mass is 32.2. The first-order valence-electron chi connectivity index (χ1n) is 6.58. The van der Waals surface area contributed by atoms with Crippen LogP contribution in [-0.4, -0.2) is 11.1 Å². The fourth-order valence-electron chi connectivity index (χ4n) is 1.91. The number of halogens is 1. The molecule has 0 saturated heterocycles. The van der Waals surface area contributed by atoms with Gasteiger partial charge >= 0.3 is 5.97 Å². The van der Waals surface area contributed by atoms with Crippen LogP contribution in [0.3, 0.4) is 0 Å². The fraction of sp³-hybridized carbons (Fsp3) is 0.235. The molecule has 2 aromatic rings. The highest BCUT2D eigenvalue weighted by Crippen LogP contribution is 2.32. The number of rotatable bonds is 3. The van der Waals surface area contributed by atoms with Gasteiger partial charge in [0.2, 0.25) is 0 Å². The van der Waals surface area contributed by atoms with E-state index in [2.05, 4.69) is 20.8 Å². The number of carbonyl (C=O) groups is 1. The number of hydrogen-bond acceptors (Lipinski definition) is 2. The van der Waals surface area contributed by atoms with Crippen molar-refractivity contribution in [1.82, 2.24) is 0 Å². The van der Waals surface area contributed by atoms with Crippen molar-refractivity contribution in [3.8, 4) is 0 Å². The number of hydrogen-bond donors (Lipinski definition) is 1. The third-order valence-electron chi connectivity index (χ3n) is 3.12. The molecule has 2 rings (SSSR count). The third kappa shape index (κ3) is 3.85. The molecule has 0 atom stereocenters. The summed E-state index contributed by atoms with van der Waals surface area (Å²) in [5, 5.41) is 9.14. The van der Waals surface area contributed by atoms with E-state index in [9.17, 15) is 9.18 Å². The Kier molecular flexibility index (Phi) is 4.37. The minimum atomic E-state index is -1.12. The van der Waals surface area contributed by atoms with E-state index in [1.807, 2.05) is 24.3 Å². The summed E-state index contributed by atoms with van der Waals surface area (Å²) >= 11 is 1.32. The summed E-state index contributed by atoms with van der Waals surface area (Å²) in [5.74, 6) is -1.66. The van der Waals surface area contributed by atoms with Crippen molar-refractivity contribution in [3.63, 3.8) is 0 Å². The number of carboxylic acid groups (broad SMARTS) is 1. The van der Waals surface area contributed by atoms with Gasteiger partial charge in [-0.25, -0.2) is 9.18 Å². The molecule has 0 aliphatic heterocycles. The standard InChI is InChI=1S/C17H17FO2S/c1-17(2,3)11-4-7-13(8-5-11)21-15-9-6-12(18)10-14(15)16(19)20/h4-10H,1-3H3,(H,19,20). The van der Waals surface area contributed by atoms with Gasteiger partial charge in [0.05, 0.1) is 5.56 Å². The molecule has 0 saturated carbocycles. The zero-order chi connectivity index (χ0) is 15.6. The van der Waals surface area contributed by atoms with Crippen LogP contribution in [0.25, 0.3) is 0 Å². The Bertz CT molecular complexity index is 657. The van der Waals surface area contributed by atoms with Crippen LogP contribution in [0.15, 0.2) is 52.3 Å². The molecule has 0 heterocycles. The molecule has 0 spiro atoms. The average molecular weight is 304 g/mol. The summed E-state index contributed by atoms with van der Waals surface area (Å²) in [4.78, 5) is 12.6. The van der Waals surface area contributed by atoms with Gasteiger partial charge in [0.25, 0.3) is 0 Å². The first kappa shape index (κ1) is 15.6. The minimum absolute atomic E-state index is 0.0140. The Balaban J connectivity index is 2.28. The molecule has 0 bridgehead atoms. The molecule has 21 heavy (non-hydrogen) atoms. The van der Waals surface area contributed by atoms with Crippen LogP contribution in [0.1, 0.15) is 36.7 Å². The van der Waals surface area contributed by atoms with E-state index in [-0.39, 0.29) is 11.0 Å². The lowest BCUT2D eigenvalue weighted by Crippen LogP contribution is -2.10. The Hall–Kier alpha value is -1.81. The van der Waals surface area contributed by atoms with Crippen LogP contribution < -0.4 is 0 Å². The number of aromatic carboxylic acids is 1. The van der Waals surface area contributed by atoms with Gasteiger partial charge in [-0.05, 0) is 41.3 Å². The maximum absolute atomic E-state index is 13.2. The Morgan fingerprint density at radius 3 is 2.24 bits per heavy atom. The summed E-state index contributed by atoms with van der Waals surface area (Å²) in [6.45, 7) is 6.41. The molecule has 2 nitrogen and oxygen atoms in total. The first-order chi connectivity index (χ1) is 9.77.